The average molecular weight is 335 g/mol. The third-order valence-electron chi connectivity index (χ3n) is 2.76. The molecule has 1 aliphatic rings. The zero-order valence-corrected chi connectivity index (χ0v) is 11.9. The second kappa shape index (κ2) is 5.91. The van der Waals surface area contributed by atoms with Crippen LogP contribution in [0, 0.1) is 0 Å². The number of nitrogens with zero attached hydrogens (tertiary/aromatic N) is 1. The van der Waals surface area contributed by atoms with Gasteiger partial charge in [0.1, 0.15) is 5.75 Å². The van der Waals surface area contributed by atoms with E-state index in [1.54, 1.807) is 23.1 Å². The Labute approximate surface area is 119 Å². The number of rotatable bonds is 3. The molecule has 2 rings (SSSR count). The fourth-order valence-corrected chi connectivity index (χ4v) is 2.52. The highest BCUT2D eigenvalue weighted by Gasteiger charge is 2.24. The number of aliphatic hydroxyl groups is 1. The highest BCUT2D eigenvalue weighted by molar-refractivity contribution is 9.10. The van der Waals surface area contributed by atoms with Crippen molar-refractivity contribution in [2.75, 3.05) is 19.7 Å². The molecule has 18 heavy (non-hydrogen) atoms. The molecule has 0 aliphatic carbocycles. The van der Waals surface area contributed by atoms with E-state index in [0.29, 0.717) is 30.3 Å². The standard InChI is InChI=1S/C12H13BrClNO3/c13-8-1-2-11(10(14)5-8)18-7-12(17)15-4-3-9(16)6-15/h1-2,5,9,16H,3-4,6-7H2/t9-/m0/s1. The lowest BCUT2D eigenvalue weighted by Crippen LogP contribution is -2.33. The number of β-amino-alcohol motifs (C(OH)–C–C–N with tert-alkyl or cyclic N) is 1. The molecule has 98 valence electrons. The fraction of sp³-hybridized carbons (Fsp3) is 0.417. The summed E-state index contributed by atoms with van der Waals surface area (Å²) in [4.78, 5) is 13.4. The molecule has 6 heteroatoms. The maximum atomic E-state index is 11.8. The van der Waals surface area contributed by atoms with Crippen LogP contribution in [-0.4, -0.2) is 41.7 Å². The number of halogens is 2. The first-order chi connectivity index (χ1) is 8.56. The molecule has 0 unspecified atom stereocenters. The van der Waals surface area contributed by atoms with Crippen molar-refractivity contribution in [3.8, 4) is 5.75 Å². The molecule has 1 heterocycles. The summed E-state index contributed by atoms with van der Waals surface area (Å²) in [6.45, 7) is 0.905. The lowest BCUT2D eigenvalue weighted by Gasteiger charge is -2.16. The normalized spacial score (nSPS) is 19.1. The van der Waals surface area contributed by atoms with Gasteiger partial charge in [-0.15, -0.1) is 0 Å². The summed E-state index contributed by atoms with van der Waals surface area (Å²) in [7, 11) is 0. The fourth-order valence-electron chi connectivity index (χ4n) is 1.79. The molecular formula is C12H13BrClNO3. The zero-order valence-electron chi connectivity index (χ0n) is 9.60. The molecule has 0 spiro atoms. The second-order valence-electron chi connectivity index (χ2n) is 4.15. The third kappa shape index (κ3) is 3.37. The van der Waals surface area contributed by atoms with Gasteiger partial charge in [-0.1, -0.05) is 27.5 Å². The highest BCUT2D eigenvalue weighted by atomic mass is 79.9. The van der Waals surface area contributed by atoms with E-state index >= 15 is 0 Å². The SMILES string of the molecule is O=C(COc1ccc(Br)cc1Cl)N1CC[C@H](O)C1. The molecule has 1 aromatic carbocycles. The molecule has 0 radical (unpaired) electrons. The third-order valence-corrected chi connectivity index (χ3v) is 3.55. The van der Waals surface area contributed by atoms with Crippen LogP contribution in [0.1, 0.15) is 6.42 Å². The number of ether oxygens (including phenoxy) is 1. The molecule has 0 saturated carbocycles. The Kier molecular flexibility index (Phi) is 4.48. The number of hydrogen-bond acceptors (Lipinski definition) is 3. The van der Waals surface area contributed by atoms with Gasteiger partial charge in [-0.3, -0.25) is 4.79 Å². The molecule has 1 fully saturated rings. The van der Waals surface area contributed by atoms with Gasteiger partial charge in [0.2, 0.25) is 0 Å². The quantitative estimate of drug-likeness (QED) is 0.921. The number of carbonyl (C=O) groups is 1. The lowest BCUT2D eigenvalue weighted by molar-refractivity contribution is -0.132. The number of hydrogen-bond donors (Lipinski definition) is 1. The van der Waals surface area contributed by atoms with Crippen molar-refractivity contribution >= 4 is 33.4 Å². The van der Waals surface area contributed by atoms with Gasteiger partial charge in [-0.2, -0.15) is 0 Å². The van der Waals surface area contributed by atoms with E-state index in [-0.39, 0.29) is 12.5 Å². The van der Waals surface area contributed by atoms with E-state index in [0.717, 1.165) is 4.47 Å². The van der Waals surface area contributed by atoms with Gasteiger partial charge in [0.15, 0.2) is 6.61 Å². The smallest absolute Gasteiger partial charge is 0.260 e. The van der Waals surface area contributed by atoms with Gasteiger partial charge < -0.3 is 14.7 Å². The first-order valence-corrected chi connectivity index (χ1v) is 6.77. The molecule has 1 aromatic rings. The molecule has 1 saturated heterocycles. The molecule has 1 atom stereocenters. The summed E-state index contributed by atoms with van der Waals surface area (Å²) in [5.74, 6) is 0.346. The second-order valence-corrected chi connectivity index (χ2v) is 5.47. The van der Waals surface area contributed by atoms with Crippen LogP contribution in [0.2, 0.25) is 5.02 Å². The van der Waals surface area contributed by atoms with Crippen molar-refractivity contribution in [2.24, 2.45) is 0 Å². The molecule has 4 nitrogen and oxygen atoms in total. The van der Waals surface area contributed by atoms with Crippen molar-refractivity contribution in [1.82, 2.24) is 4.90 Å². The number of carbonyl (C=O) groups excluding carboxylic acids is 1. The van der Waals surface area contributed by atoms with Crippen LogP contribution in [0.25, 0.3) is 0 Å². The largest absolute Gasteiger partial charge is 0.482 e. The molecule has 0 aromatic heterocycles. The minimum atomic E-state index is -0.412. The maximum absolute atomic E-state index is 11.8. The summed E-state index contributed by atoms with van der Waals surface area (Å²) in [6, 6.07) is 5.21. The highest BCUT2D eigenvalue weighted by Crippen LogP contribution is 2.27. The summed E-state index contributed by atoms with van der Waals surface area (Å²) in [5.41, 5.74) is 0. The predicted molar refractivity (Wildman–Crippen MR) is 71.9 cm³/mol. The first-order valence-electron chi connectivity index (χ1n) is 5.60. The average Bonchev–Trinajstić information content (AvgIpc) is 2.74. The summed E-state index contributed by atoms with van der Waals surface area (Å²) in [5, 5.41) is 9.80. The minimum Gasteiger partial charge on any atom is -0.482 e. The summed E-state index contributed by atoms with van der Waals surface area (Å²) < 4.78 is 6.23. The van der Waals surface area contributed by atoms with Crippen molar-refractivity contribution in [1.29, 1.82) is 0 Å². The maximum Gasteiger partial charge on any atom is 0.260 e. The number of likely N-dealkylation sites (tertiary alicyclic amines) is 1. The monoisotopic (exact) mass is 333 g/mol. The van der Waals surface area contributed by atoms with Gasteiger partial charge in [0.25, 0.3) is 5.91 Å². The van der Waals surface area contributed by atoms with Crippen LogP contribution in [0.4, 0.5) is 0 Å². The van der Waals surface area contributed by atoms with Gasteiger partial charge in [-0.25, -0.2) is 0 Å². The minimum absolute atomic E-state index is 0.0614. The summed E-state index contributed by atoms with van der Waals surface area (Å²) >= 11 is 9.27. The Bertz CT molecular complexity index is 455. The van der Waals surface area contributed by atoms with E-state index in [2.05, 4.69) is 15.9 Å². The molecule has 1 amide bonds. The van der Waals surface area contributed by atoms with Gasteiger partial charge in [0.05, 0.1) is 11.1 Å². The van der Waals surface area contributed by atoms with Crippen LogP contribution in [-0.2, 0) is 4.79 Å². The van der Waals surface area contributed by atoms with Crippen molar-refractivity contribution < 1.29 is 14.6 Å². The van der Waals surface area contributed by atoms with Crippen molar-refractivity contribution in [3.63, 3.8) is 0 Å². The summed E-state index contributed by atoms with van der Waals surface area (Å²) in [6.07, 6.45) is 0.218. The van der Waals surface area contributed by atoms with Gasteiger partial charge >= 0.3 is 0 Å². The molecular weight excluding hydrogens is 321 g/mol. The van der Waals surface area contributed by atoms with E-state index in [4.69, 9.17) is 16.3 Å². The van der Waals surface area contributed by atoms with Crippen LogP contribution in [0.5, 0.6) is 5.75 Å². The lowest BCUT2D eigenvalue weighted by atomic mass is 10.3. The Morgan fingerprint density at radius 1 is 1.61 bits per heavy atom. The Morgan fingerprint density at radius 3 is 3.00 bits per heavy atom. The predicted octanol–water partition coefficient (Wildman–Crippen LogP) is 2.07. The number of amides is 1. The van der Waals surface area contributed by atoms with Gasteiger partial charge in [0, 0.05) is 17.6 Å². The Balaban J connectivity index is 1.89. The molecule has 1 N–H and O–H groups in total. The number of aliphatic hydroxyl groups excluding tert-OH is 1. The van der Waals surface area contributed by atoms with Gasteiger partial charge in [-0.05, 0) is 24.6 Å². The molecule has 0 bridgehead atoms. The zero-order chi connectivity index (χ0) is 13.1. The van der Waals surface area contributed by atoms with Crippen LogP contribution in [0.15, 0.2) is 22.7 Å². The van der Waals surface area contributed by atoms with E-state index < -0.39 is 6.10 Å². The Morgan fingerprint density at radius 2 is 2.39 bits per heavy atom. The number of benzene rings is 1. The first kappa shape index (κ1) is 13.6. The van der Waals surface area contributed by atoms with Crippen molar-refractivity contribution in [2.45, 2.75) is 12.5 Å². The van der Waals surface area contributed by atoms with E-state index in [1.165, 1.54) is 0 Å². The van der Waals surface area contributed by atoms with E-state index in [9.17, 15) is 9.90 Å². The van der Waals surface area contributed by atoms with Crippen LogP contribution >= 0.6 is 27.5 Å². The topological polar surface area (TPSA) is 49.8 Å². The van der Waals surface area contributed by atoms with Crippen LogP contribution < -0.4 is 4.74 Å². The van der Waals surface area contributed by atoms with Crippen molar-refractivity contribution in [3.05, 3.63) is 27.7 Å². The van der Waals surface area contributed by atoms with Crippen LogP contribution in [0.3, 0.4) is 0 Å². The molecule has 1 aliphatic heterocycles. The Hall–Kier alpha value is -0.780. The van der Waals surface area contributed by atoms with E-state index in [1.807, 2.05) is 0 Å².